The number of piperidine rings is 1. The lowest BCUT2D eigenvalue weighted by molar-refractivity contribution is 0.111. The summed E-state index contributed by atoms with van der Waals surface area (Å²) in [6.07, 6.45) is 2.24. The fraction of sp³-hybridized carbons (Fsp3) is 0.556. The molecule has 1 amide bonds. The van der Waals surface area contributed by atoms with Crippen molar-refractivity contribution in [3.05, 3.63) is 29.8 Å². The largest absolute Gasteiger partial charge is 0.508 e. The molecule has 138 valence electrons. The summed E-state index contributed by atoms with van der Waals surface area (Å²) in [7, 11) is 1.41. The number of rotatable bonds is 5. The number of amides is 1. The summed E-state index contributed by atoms with van der Waals surface area (Å²) in [6.45, 7) is 4.84. The second-order valence-corrected chi connectivity index (χ2v) is 6.06. The van der Waals surface area contributed by atoms with Gasteiger partial charge in [-0.2, -0.15) is 0 Å². The lowest BCUT2D eigenvalue weighted by Crippen LogP contribution is -2.49. The first-order chi connectivity index (χ1) is 12.1. The molecule has 0 aromatic heterocycles. The Morgan fingerprint density at radius 3 is 2.80 bits per heavy atom. The van der Waals surface area contributed by atoms with Gasteiger partial charge in [0.15, 0.2) is 5.96 Å². The monoisotopic (exact) mass is 348 g/mol. The first-order valence-corrected chi connectivity index (χ1v) is 8.78. The molecule has 1 aromatic carbocycles. The molecule has 2 rings (SSSR count). The molecule has 0 saturated carbocycles. The van der Waals surface area contributed by atoms with Crippen LogP contribution in [0.15, 0.2) is 29.3 Å². The molecule has 3 N–H and O–H groups in total. The van der Waals surface area contributed by atoms with Crippen molar-refractivity contribution >= 4 is 12.1 Å². The molecule has 1 heterocycles. The Kier molecular flexibility index (Phi) is 7.37. The number of nitrogens with one attached hydrogen (secondary N) is 2. The summed E-state index contributed by atoms with van der Waals surface area (Å²) in [6, 6.07) is 7.54. The lowest BCUT2D eigenvalue weighted by Gasteiger charge is -2.32. The van der Waals surface area contributed by atoms with E-state index in [0.717, 1.165) is 37.3 Å². The number of hydrogen-bond donors (Lipinski definition) is 3. The van der Waals surface area contributed by atoms with Crippen molar-refractivity contribution in [2.24, 2.45) is 4.99 Å². The van der Waals surface area contributed by atoms with Crippen LogP contribution >= 0.6 is 0 Å². The van der Waals surface area contributed by atoms with Crippen molar-refractivity contribution in [3.63, 3.8) is 0 Å². The number of hydrogen-bond acceptors (Lipinski definition) is 4. The predicted octanol–water partition coefficient (Wildman–Crippen LogP) is 1.72. The molecule has 1 aliphatic rings. The highest BCUT2D eigenvalue weighted by atomic mass is 16.5. The first kappa shape index (κ1) is 18.9. The molecular weight excluding hydrogens is 320 g/mol. The number of likely N-dealkylation sites (tertiary alicyclic amines) is 1. The fourth-order valence-electron chi connectivity index (χ4n) is 2.86. The average molecular weight is 348 g/mol. The number of ether oxygens (including phenoxy) is 1. The molecule has 1 aromatic rings. The number of methoxy groups -OCH3 is 1. The van der Waals surface area contributed by atoms with Gasteiger partial charge in [0.25, 0.3) is 0 Å². The highest BCUT2D eigenvalue weighted by molar-refractivity contribution is 5.80. The van der Waals surface area contributed by atoms with E-state index in [9.17, 15) is 9.90 Å². The SMILES string of the molecule is CCNC(=NCCc1cccc(O)c1)NC1CCN(C(=O)OC)CC1. The quantitative estimate of drug-likeness (QED) is 0.557. The molecule has 0 radical (unpaired) electrons. The predicted molar refractivity (Wildman–Crippen MR) is 97.9 cm³/mol. The summed E-state index contributed by atoms with van der Waals surface area (Å²) in [5.41, 5.74) is 1.06. The summed E-state index contributed by atoms with van der Waals surface area (Å²) >= 11 is 0. The molecule has 0 spiro atoms. The van der Waals surface area contributed by atoms with Gasteiger partial charge in [-0.15, -0.1) is 0 Å². The minimum Gasteiger partial charge on any atom is -0.508 e. The Bertz CT molecular complexity index is 583. The van der Waals surface area contributed by atoms with Crippen LogP contribution in [0.4, 0.5) is 4.79 Å². The van der Waals surface area contributed by atoms with Gasteiger partial charge in [-0.1, -0.05) is 12.1 Å². The maximum atomic E-state index is 11.5. The van der Waals surface area contributed by atoms with E-state index < -0.39 is 0 Å². The minimum absolute atomic E-state index is 0.259. The number of aliphatic imine (C=N–C) groups is 1. The zero-order valence-electron chi connectivity index (χ0n) is 15.0. The van der Waals surface area contributed by atoms with Crippen molar-refractivity contribution in [1.82, 2.24) is 15.5 Å². The summed E-state index contributed by atoms with van der Waals surface area (Å²) < 4.78 is 4.76. The van der Waals surface area contributed by atoms with Gasteiger partial charge in [-0.05, 0) is 43.9 Å². The Hall–Kier alpha value is -2.44. The number of carbonyl (C=O) groups is 1. The van der Waals surface area contributed by atoms with Crippen LogP contribution in [0.5, 0.6) is 5.75 Å². The first-order valence-electron chi connectivity index (χ1n) is 8.78. The highest BCUT2D eigenvalue weighted by Crippen LogP contribution is 2.12. The van der Waals surface area contributed by atoms with Crippen molar-refractivity contribution in [1.29, 1.82) is 0 Å². The fourth-order valence-corrected chi connectivity index (χ4v) is 2.86. The Balaban J connectivity index is 1.82. The van der Waals surface area contributed by atoms with E-state index in [2.05, 4.69) is 15.6 Å². The Morgan fingerprint density at radius 1 is 1.40 bits per heavy atom. The topological polar surface area (TPSA) is 86.2 Å². The molecule has 1 saturated heterocycles. The molecule has 25 heavy (non-hydrogen) atoms. The third-order valence-corrected chi connectivity index (χ3v) is 4.19. The normalized spacial score (nSPS) is 15.8. The van der Waals surface area contributed by atoms with Crippen LogP contribution in [0.3, 0.4) is 0 Å². The van der Waals surface area contributed by atoms with Crippen LogP contribution in [-0.4, -0.2) is 61.4 Å². The summed E-state index contributed by atoms with van der Waals surface area (Å²) in [5.74, 6) is 1.07. The number of guanidine groups is 1. The second kappa shape index (κ2) is 9.76. The van der Waals surface area contributed by atoms with Crippen molar-refractivity contribution in [3.8, 4) is 5.75 Å². The van der Waals surface area contributed by atoms with E-state index in [0.29, 0.717) is 25.7 Å². The Morgan fingerprint density at radius 2 is 2.16 bits per heavy atom. The number of nitrogens with zero attached hydrogens (tertiary/aromatic N) is 2. The van der Waals surface area contributed by atoms with E-state index >= 15 is 0 Å². The molecule has 7 nitrogen and oxygen atoms in total. The van der Waals surface area contributed by atoms with Crippen LogP contribution < -0.4 is 10.6 Å². The number of carbonyl (C=O) groups excluding carboxylic acids is 1. The van der Waals surface area contributed by atoms with Gasteiger partial charge in [0.2, 0.25) is 0 Å². The average Bonchev–Trinajstić information content (AvgIpc) is 2.62. The van der Waals surface area contributed by atoms with Crippen molar-refractivity contribution in [2.75, 3.05) is 33.3 Å². The third-order valence-electron chi connectivity index (χ3n) is 4.19. The van der Waals surface area contributed by atoms with Crippen LogP contribution in [0.1, 0.15) is 25.3 Å². The van der Waals surface area contributed by atoms with Gasteiger partial charge in [-0.25, -0.2) is 4.79 Å². The molecule has 1 fully saturated rings. The van der Waals surface area contributed by atoms with E-state index in [4.69, 9.17) is 4.74 Å². The molecule has 0 atom stereocenters. The zero-order chi connectivity index (χ0) is 18.1. The van der Waals surface area contributed by atoms with Gasteiger partial charge >= 0.3 is 6.09 Å². The standard InChI is InChI=1S/C18H28N4O3/c1-3-19-17(20-10-7-14-5-4-6-16(23)13-14)21-15-8-11-22(12-9-15)18(24)25-2/h4-6,13,15,23H,3,7-12H2,1-2H3,(H2,19,20,21). The van der Waals surface area contributed by atoms with Crippen molar-refractivity contribution in [2.45, 2.75) is 32.2 Å². The van der Waals surface area contributed by atoms with Crippen LogP contribution in [0.25, 0.3) is 0 Å². The molecule has 1 aliphatic heterocycles. The summed E-state index contributed by atoms with van der Waals surface area (Å²) in [5, 5.41) is 16.2. The van der Waals surface area contributed by atoms with Crippen LogP contribution in [-0.2, 0) is 11.2 Å². The van der Waals surface area contributed by atoms with E-state index in [1.165, 1.54) is 7.11 Å². The highest BCUT2D eigenvalue weighted by Gasteiger charge is 2.23. The number of benzene rings is 1. The van der Waals surface area contributed by atoms with Gasteiger partial charge in [0.05, 0.1) is 7.11 Å². The molecule has 0 aliphatic carbocycles. The molecule has 0 bridgehead atoms. The molecule has 0 unspecified atom stereocenters. The third kappa shape index (κ3) is 6.17. The van der Waals surface area contributed by atoms with E-state index in [-0.39, 0.29) is 11.8 Å². The molecule has 7 heteroatoms. The summed E-state index contributed by atoms with van der Waals surface area (Å²) in [4.78, 5) is 17.9. The van der Waals surface area contributed by atoms with Gasteiger partial charge in [-0.3, -0.25) is 4.99 Å². The maximum absolute atomic E-state index is 11.5. The molecular formula is C18H28N4O3. The van der Waals surface area contributed by atoms with E-state index in [1.54, 1.807) is 17.0 Å². The van der Waals surface area contributed by atoms with Crippen molar-refractivity contribution < 1.29 is 14.6 Å². The second-order valence-electron chi connectivity index (χ2n) is 6.06. The zero-order valence-corrected chi connectivity index (χ0v) is 15.0. The minimum atomic E-state index is -0.259. The smallest absolute Gasteiger partial charge is 0.409 e. The number of aromatic hydroxyl groups is 1. The van der Waals surface area contributed by atoms with Crippen LogP contribution in [0, 0.1) is 0 Å². The van der Waals surface area contributed by atoms with Crippen LogP contribution in [0.2, 0.25) is 0 Å². The maximum Gasteiger partial charge on any atom is 0.409 e. The van der Waals surface area contributed by atoms with Gasteiger partial charge in [0, 0.05) is 32.2 Å². The number of phenolic OH excluding ortho intramolecular Hbond substituents is 1. The van der Waals surface area contributed by atoms with Gasteiger partial charge in [0.1, 0.15) is 5.75 Å². The lowest BCUT2D eigenvalue weighted by atomic mass is 10.1. The Labute approximate surface area is 149 Å². The number of phenols is 1. The van der Waals surface area contributed by atoms with E-state index in [1.807, 2.05) is 19.1 Å². The van der Waals surface area contributed by atoms with Gasteiger partial charge < -0.3 is 25.4 Å².